The Labute approximate surface area is 136 Å². The Bertz CT molecular complexity index is 533. The molecule has 1 aromatic rings. The molecular formula is C11H15Br2ClN2O2S. The SMILES string of the molecule is Cl.O=S(=O)(NC1CCCNC1)c1cc(Br)ccc1Br. The Hall–Kier alpha value is 0.340. The van der Waals surface area contributed by atoms with Crippen LogP contribution in [-0.2, 0) is 10.0 Å². The second-order valence-corrected chi connectivity index (χ2v) is 7.69. The summed E-state index contributed by atoms with van der Waals surface area (Å²) in [6, 6.07) is 5.08. The molecule has 0 amide bonds. The van der Waals surface area contributed by atoms with Crippen LogP contribution in [0, 0.1) is 0 Å². The normalized spacial score (nSPS) is 19.8. The first-order chi connectivity index (χ1) is 8.49. The van der Waals surface area contributed by atoms with Gasteiger partial charge in [-0.1, -0.05) is 15.9 Å². The fourth-order valence-electron chi connectivity index (χ4n) is 1.92. The minimum Gasteiger partial charge on any atom is -0.315 e. The van der Waals surface area contributed by atoms with Gasteiger partial charge in [0.25, 0.3) is 0 Å². The van der Waals surface area contributed by atoms with Crippen LogP contribution in [0.1, 0.15) is 12.8 Å². The number of rotatable bonds is 3. The molecule has 0 aliphatic carbocycles. The lowest BCUT2D eigenvalue weighted by atomic mass is 10.1. The number of hydrogen-bond donors (Lipinski definition) is 2. The fraction of sp³-hybridized carbons (Fsp3) is 0.455. The van der Waals surface area contributed by atoms with Gasteiger partial charge in [0.2, 0.25) is 10.0 Å². The van der Waals surface area contributed by atoms with Crippen LogP contribution in [0.4, 0.5) is 0 Å². The summed E-state index contributed by atoms with van der Waals surface area (Å²) < 4.78 is 28.6. The molecule has 1 unspecified atom stereocenters. The van der Waals surface area contributed by atoms with Gasteiger partial charge in [0.15, 0.2) is 0 Å². The summed E-state index contributed by atoms with van der Waals surface area (Å²) in [7, 11) is -3.48. The van der Waals surface area contributed by atoms with E-state index in [9.17, 15) is 8.42 Å². The summed E-state index contributed by atoms with van der Waals surface area (Å²) in [6.07, 6.45) is 1.87. The van der Waals surface area contributed by atoms with E-state index in [0.717, 1.165) is 23.9 Å². The maximum atomic E-state index is 12.3. The number of benzene rings is 1. The average molecular weight is 435 g/mol. The first kappa shape index (κ1) is 17.4. The lowest BCUT2D eigenvalue weighted by Crippen LogP contribution is -2.45. The lowest BCUT2D eigenvalue weighted by Gasteiger charge is -2.23. The molecule has 4 nitrogen and oxygen atoms in total. The van der Waals surface area contributed by atoms with E-state index in [1.165, 1.54) is 0 Å². The Morgan fingerprint density at radius 3 is 2.68 bits per heavy atom. The average Bonchev–Trinajstić information content (AvgIpc) is 2.33. The van der Waals surface area contributed by atoms with Gasteiger partial charge in [-0.25, -0.2) is 13.1 Å². The molecule has 1 fully saturated rings. The molecule has 0 saturated carbocycles. The first-order valence-electron chi connectivity index (χ1n) is 5.67. The molecule has 1 aliphatic rings. The zero-order chi connectivity index (χ0) is 13.2. The Morgan fingerprint density at radius 1 is 1.32 bits per heavy atom. The summed E-state index contributed by atoms with van der Waals surface area (Å²) in [6.45, 7) is 1.64. The maximum absolute atomic E-state index is 12.3. The van der Waals surface area contributed by atoms with Crippen LogP contribution < -0.4 is 10.0 Å². The second kappa shape index (κ2) is 7.38. The van der Waals surface area contributed by atoms with E-state index in [0.29, 0.717) is 11.0 Å². The van der Waals surface area contributed by atoms with Crippen molar-refractivity contribution in [1.82, 2.24) is 10.0 Å². The van der Waals surface area contributed by atoms with E-state index in [1.807, 2.05) is 0 Å². The van der Waals surface area contributed by atoms with E-state index in [1.54, 1.807) is 18.2 Å². The molecule has 19 heavy (non-hydrogen) atoms. The van der Waals surface area contributed by atoms with Gasteiger partial charge in [0.1, 0.15) is 0 Å². The highest BCUT2D eigenvalue weighted by atomic mass is 79.9. The molecule has 1 aromatic carbocycles. The molecule has 1 atom stereocenters. The third-order valence-electron chi connectivity index (χ3n) is 2.80. The highest BCUT2D eigenvalue weighted by molar-refractivity contribution is 9.11. The van der Waals surface area contributed by atoms with Gasteiger partial charge in [-0.3, -0.25) is 0 Å². The third kappa shape index (κ3) is 4.68. The van der Waals surface area contributed by atoms with Crippen molar-refractivity contribution >= 4 is 54.3 Å². The third-order valence-corrected chi connectivity index (χ3v) is 5.81. The lowest BCUT2D eigenvalue weighted by molar-refractivity contribution is 0.428. The number of nitrogens with one attached hydrogen (secondary N) is 2. The molecule has 1 heterocycles. The zero-order valence-corrected chi connectivity index (χ0v) is 14.8. The van der Waals surface area contributed by atoms with Crippen molar-refractivity contribution < 1.29 is 8.42 Å². The summed E-state index contributed by atoms with van der Waals surface area (Å²) in [4.78, 5) is 0.266. The summed E-state index contributed by atoms with van der Waals surface area (Å²) in [5, 5.41) is 3.19. The van der Waals surface area contributed by atoms with Crippen LogP contribution in [0.25, 0.3) is 0 Å². The topological polar surface area (TPSA) is 58.2 Å². The van der Waals surface area contributed by atoms with Crippen molar-refractivity contribution in [1.29, 1.82) is 0 Å². The van der Waals surface area contributed by atoms with E-state index in [4.69, 9.17) is 0 Å². The summed E-state index contributed by atoms with van der Waals surface area (Å²) >= 11 is 6.56. The Balaban J connectivity index is 0.00000180. The monoisotopic (exact) mass is 432 g/mol. The van der Waals surface area contributed by atoms with Gasteiger partial charge in [-0.05, 0) is 53.5 Å². The van der Waals surface area contributed by atoms with E-state index in [2.05, 4.69) is 41.9 Å². The van der Waals surface area contributed by atoms with E-state index < -0.39 is 10.0 Å². The van der Waals surface area contributed by atoms with Gasteiger partial charge in [0, 0.05) is 21.5 Å². The van der Waals surface area contributed by atoms with Crippen LogP contribution in [0.5, 0.6) is 0 Å². The van der Waals surface area contributed by atoms with Crippen LogP contribution in [0.15, 0.2) is 32.0 Å². The highest BCUT2D eigenvalue weighted by Crippen LogP contribution is 2.26. The zero-order valence-electron chi connectivity index (χ0n) is 10.0. The highest BCUT2D eigenvalue weighted by Gasteiger charge is 2.23. The van der Waals surface area contributed by atoms with Crippen LogP contribution in [0.2, 0.25) is 0 Å². The van der Waals surface area contributed by atoms with Gasteiger partial charge >= 0.3 is 0 Å². The molecule has 2 rings (SSSR count). The van der Waals surface area contributed by atoms with Gasteiger partial charge in [-0.15, -0.1) is 12.4 Å². The smallest absolute Gasteiger partial charge is 0.242 e. The van der Waals surface area contributed by atoms with E-state index >= 15 is 0 Å². The van der Waals surface area contributed by atoms with Crippen molar-refractivity contribution in [2.24, 2.45) is 0 Å². The minimum atomic E-state index is -3.48. The number of hydrogen-bond acceptors (Lipinski definition) is 3. The van der Waals surface area contributed by atoms with Crippen molar-refractivity contribution in [3.63, 3.8) is 0 Å². The number of piperidine rings is 1. The van der Waals surface area contributed by atoms with Crippen molar-refractivity contribution in [2.45, 2.75) is 23.8 Å². The molecule has 8 heteroatoms. The predicted octanol–water partition coefficient (Wildman–Crippen LogP) is 2.66. The molecule has 0 radical (unpaired) electrons. The van der Waals surface area contributed by atoms with Crippen molar-refractivity contribution in [3.8, 4) is 0 Å². The number of sulfonamides is 1. The molecule has 0 aromatic heterocycles. The quantitative estimate of drug-likeness (QED) is 0.769. The Morgan fingerprint density at radius 2 is 2.05 bits per heavy atom. The standard InChI is InChI=1S/C11H14Br2N2O2S.ClH/c12-8-3-4-10(13)11(6-8)18(16,17)15-9-2-1-5-14-7-9;/h3-4,6,9,14-15H,1-2,5,7H2;1H. The molecule has 1 saturated heterocycles. The molecule has 2 N–H and O–H groups in total. The minimum absolute atomic E-state index is 0. The molecule has 1 aliphatic heterocycles. The van der Waals surface area contributed by atoms with E-state index in [-0.39, 0.29) is 23.3 Å². The van der Waals surface area contributed by atoms with Crippen LogP contribution in [-0.4, -0.2) is 27.5 Å². The first-order valence-corrected chi connectivity index (χ1v) is 8.74. The largest absolute Gasteiger partial charge is 0.315 e. The number of halogens is 3. The van der Waals surface area contributed by atoms with Gasteiger partial charge in [-0.2, -0.15) is 0 Å². The summed E-state index contributed by atoms with van der Waals surface area (Å²) in [5.41, 5.74) is 0. The van der Waals surface area contributed by atoms with Crippen LogP contribution in [0.3, 0.4) is 0 Å². The van der Waals surface area contributed by atoms with Gasteiger partial charge in [0.05, 0.1) is 4.90 Å². The molecule has 0 bridgehead atoms. The maximum Gasteiger partial charge on any atom is 0.242 e. The fourth-order valence-corrected chi connectivity index (χ4v) is 4.69. The molecular weight excluding hydrogens is 419 g/mol. The van der Waals surface area contributed by atoms with Gasteiger partial charge < -0.3 is 5.32 Å². The molecule has 108 valence electrons. The predicted molar refractivity (Wildman–Crippen MR) is 85.3 cm³/mol. The summed E-state index contributed by atoms with van der Waals surface area (Å²) in [5.74, 6) is 0. The van der Waals surface area contributed by atoms with Crippen molar-refractivity contribution in [3.05, 3.63) is 27.1 Å². The second-order valence-electron chi connectivity index (χ2n) is 4.24. The molecule has 0 spiro atoms. The van der Waals surface area contributed by atoms with Crippen molar-refractivity contribution in [2.75, 3.05) is 13.1 Å². The van der Waals surface area contributed by atoms with Crippen LogP contribution >= 0.6 is 44.3 Å². The Kier molecular flexibility index (Phi) is 6.75.